The van der Waals surface area contributed by atoms with Gasteiger partial charge in [-0.2, -0.15) is 13.2 Å². The summed E-state index contributed by atoms with van der Waals surface area (Å²) < 4.78 is 37.6. The summed E-state index contributed by atoms with van der Waals surface area (Å²) in [5.41, 5.74) is 0.956. The lowest BCUT2D eigenvalue weighted by Crippen LogP contribution is -2.09. The first-order valence-corrected chi connectivity index (χ1v) is 6.03. The van der Waals surface area contributed by atoms with Crippen molar-refractivity contribution in [3.05, 3.63) is 59.7 Å². The average Bonchev–Trinajstić information content (AvgIpc) is 2.47. The predicted molar refractivity (Wildman–Crippen MR) is 70.7 cm³/mol. The molecule has 0 unspecified atom stereocenters. The van der Waals surface area contributed by atoms with Gasteiger partial charge in [0.1, 0.15) is 7.11 Å². The topological polar surface area (TPSA) is 47.4 Å². The second-order valence-electron chi connectivity index (χ2n) is 4.17. The molecule has 1 heterocycles. The molecule has 110 valence electrons. The molecular formula is C14H12F3N3O. The van der Waals surface area contributed by atoms with Crippen LogP contribution in [0, 0.1) is 0 Å². The first kappa shape index (κ1) is 15.0. The molecule has 0 bridgehead atoms. The van der Waals surface area contributed by atoms with E-state index in [1.54, 1.807) is 6.20 Å². The van der Waals surface area contributed by atoms with Gasteiger partial charge >= 0.3 is 6.18 Å². The van der Waals surface area contributed by atoms with Crippen LogP contribution in [0.15, 0.2) is 48.0 Å². The van der Waals surface area contributed by atoms with Crippen molar-refractivity contribution in [2.45, 2.75) is 12.6 Å². The highest BCUT2D eigenvalue weighted by Gasteiger charge is 2.30. The van der Waals surface area contributed by atoms with Crippen molar-refractivity contribution in [2.24, 2.45) is 5.16 Å². The Balaban J connectivity index is 2.25. The van der Waals surface area contributed by atoms with E-state index in [-0.39, 0.29) is 0 Å². The van der Waals surface area contributed by atoms with Gasteiger partial charge < -0.3 is 4.84 Å². The highest BCUT2D eigenvalue weighted by atomic mass is 19.4. The molecule has 0 aliphatic heterocycles. The summed E-state index contributed by atoms with van der Waals surface area (Å²) in [5.74, 6) is 0. The van der Waals surface area contributed by atoms with Crippen LogP contribution in [0.1, 0.15) is 16.8 Å². The smallest absolute Gasteiger partial charge is 0.399 e. The summed E-state index contributed by atoms with van der Waals surface area (Å²) in [5, 5.41) is 3.85. The Morgan fingerprint density at radius 2 is 1.90 bits per heavy atom. The number of oxime groups is 1. The molecule has 0 amide bonds. The third-order valence-electron chi connectivity index (χ3n) is 2.71. The van der Waals surface area contributed by atoms with Gasteiger partial charge in [0.2, 0.25) is 0 Å². The minimum atomic E-state index is -4.36. The van der Waals surface area contributed by atoms with E-state index in [0.717, 1.165) is 12.1 Å². The van der Waals surface area contributed by atoms with Gasteiger partial charge in [0.15, 0.2) is 0 Å². The Morgan fingerprint density at radius 1 is 1.19 bits per heavy atom. The van der Waals surface area contributed by atoms with Crippen LogP contribution in [0.25, 0.3) is 0 Å². The third-order valence-corrected chi connectivity index (χ3v) is 2.71. The van der Waals surface area contributed by atoms with Gasteiger partial charge in [-0.15, -0.1) is 0 Å². The summed E-state index contributed by atoms with van der Waals surface area (Å²) in [6.45, 7) is 0. The second kappa shape index (κ2) is 6.34. The van der Waals surface area contributed by atoms with Crippen molar-refractivity contribution < 1.29 is 18.0 Å². The van der Waals surface area contributed by atoms with E-state index in [4.69, 9.17) is 4.84 Å². The monoisotopic (exact) mass is 295 g/mol. The van der Waals surface area contributed by atoms with Gasteiger partial charge in [0.25, 0.3) is 0 Å². The number of hydrogen-bond donors (Lipinski definition) is 0. The standard InChI is InChI=1S/C14H12F3N3O/c1-21-20-13(8-12-9-18-6-7-19-12)10-2-4-11(5-3-10)14(15,16)17/h2-7,9H,8H2,1H3. The molecule has 0 saturated heterocycles. The molecule has 0 spiro atoms. The van der Waals surface area contributed by atoms with Gasteiger partial charge in [0, 0.05) is 25.0 Å². The molecule has 0 radical (unpaired) electrons. The zero-order valence-electron chi connectivity index (χ0n) is 11.1. The van der Waals surface area contributed by atoms with Crippen molar-refractivity contribution in [3.8, 4) is 0 Å². The molecule has 0 atom stereocenters. The van der Waals surface area contributed by atoms with Gasteiger partial charge in [-0.25, -0.2) is 0 Å². The van der Waals surface area contributed by atoms with E-state index < -0.39 is 11.7 Å². The SMILES string of the molecule is CON=C(Cc1cnccn1)c1ccc(C(F)(F)F)cc1. The van der Waals surface area contributed by atoms with Gasteiger partial charge in [0.05, 0.1) is 17.0 Å². The van der Waals surface area contributed by atoms with Crippen molar-refractivity contribution >= 4 is 5.71 Å². The fourth-order valence-electron chi connectivity index (χ4n) is 1.74. The normalized spacial score (nSPS) is 12.3. The number of benzene rings is 1. The van der Waals surface area contributed by atoms with E-state index in [1.165, 1.54) is 31.6 Å². The van der Waals surface area contributed by atoms with Crippen LogP contribution < -0.4 is 0 Å². The molecule has 2 rings (SSSR count). The fourth-order valence-corrected chi connectivity index (χ4v) is 1.74. The highest BCUT2D eigenvalue weighted by molar-refractivity contribution is 6.01. The van der Waals surface area contributed by atoms with E-state index in [2.05, 4.69) is 15.1 Å². The van der Waals surface area contributed by atoms with E-state index in [0.29, 0.717) is 23.4 Å². The lowest BCUT2D eigenvalue weighted by molar-refractivity contribution is -0.137. The Hall–Kier alpha value is -2.44. The van der Waals surface area contributed by atoms with Crippen molar-refractivity contribution in [1.82, 2.24) is 9.97 Å². The van der Waals surface area contributed by atoms with Gasteiger partial charge in [-0.3, -0.25) is 9.97 Å². The van der Waals surface area contributed by atoms with Crippen LogP contribution in [0.4, 0.5) is 13.2 Å². The molecule has 2 aromatic rings. The minimum absolute atomic E-state index is 0.313. The van der Waals surface area contributed by atoms with Gasteiger partial charge in [-0.05, 0) is 17.7 Å². The van der Waals surface area contributed by atoms with Gasteiger partial charge in [-0.1, -0.05) is 17.3 Å². The van der Waals surface area contributed by atoms with Crippen LogP contribution in [-0.2, 0) is 17.4 Å². The quantitative estimate of drug-likeness (QED) is 0.643. The van der Waals surface area contributed by atoms with Crippen molar-refractivity contribution in [2.75, 3.05) is 7.11 Å². The molecule has 1 aromatic carbocycles. The summed E-state index contributed by atoms with van der Waals surface area (Å²) in [4.78, 5) is 12.8. The molecule has 7 heteroatoms. The largest absolute Gasteiger partial charge is 0.416 e. The van der Waals surface area contributed by atoms with Crippen LogP contribution in [0.3, 0.4) is 0 Å². The van der Waals surface area contributed by atoms with E-state index in [1.807, 2.05) is 0 Å². The minimum Gasteiger partial charge on any atom is -0.399 e. The number of halogens is 3. The summed E-state index contributed by atoms with van der Waals surface area (Å²) >= 11 is 0. The molecule has 0 aliphatic rings. The zero-order chi connectivity index (χ0) is 15.3. The Labute approximate surface area is 119 Å². The maximum absolute atomic E-state index is 12.5. The third kappa shape index (κ3) is 4.01. The molecule has 0 fully saturated rings. The van der Waals surface area contributed by atoms with Crippen LogP contribution >= 0.6 is 0 Å². The number of rotatable bonds is 4. The lowest BCUT2D eigenvalue weighted by atomic mass is 10.0. The molecule has 21 heavy (non-hydrogen) atoms. The number of hydrogen-bond acceptors (Lipinski definition) is 4. The van der Waals surface area contributed by atoms with Crippen LogP contribution in [0.5, 0.6) is 0 Å². The number of alkyl halides is 3. The summed E-state index contributed by atoms with van der Waals surface area (Å²) in [6.07, 6.45) is 0.589. The number of nitrogens with zero attached hydrogens (tertiary/aromatic N) is 3. The van der Waals surface area contributed by atoms with E-state index >= 15 is 0 Å². The maximum atomic E-state index is 12.5. The summed E-state index contributed by atoms with van der Waals surface area (Å²) in [7, 11) is 1.38. The lowest BCUT2D eigenvalue weighted by Gasteiger charge is -2.09. The predicted octanol–water partition coefficient (Wildman–Crippen LogP) is 3.09. The van der Waals surface area contributed by atoms with E-state index in [9.17, 15) is 13.2 Å². The molecular weight excluding hydrogens is 283 g/mol. The molecule has 0 saturated carbocycles. The molecule has 0 N–H and O–H groups in total. The number of aromatic nitrogens is 2. The highest BCUT2D eigenvalue weighted by Crippen LogP contribution is 2.29. The summed E-state index contributed by atoms with van der Waals surface area (Å²) in [6, 6.07) is 4.74. The van der Waals surface area contributed by atoms with Crippen LogP contribution in [-0.4, -0.2) is 22.8 Å². The second-order valence-corrected chi connectivity index (χ2v) is 4.17. The Kier molecular flexibility index (Phi) is 4.52. The molecule has 4 nitrogen and oxygen atoms in total. The van der Waals surface area contributed by atoms with Crippen molar-refractivity contribution in [1.29, 1.82) is 0 Å². The zero-order valence-corrected chi connectivity index (χ0v) is 11.1. The van der Waals surface area contributed by atoms with Crippen LogP contribution in [0.2, 0.25) is 0 Å². The molecule has 0 aliphatic carbocycles. The fraction of sp³-hybridized carbons (Fsp3) is 0.214. The maximum Gasteiger partial charge on any atom is 0.416 e. The Morgan fingerprint density at radius 3 is 2.43 bits per heavy atom. The average molecular weight is 295 g/mol. The Bertz CT molecular complexity index is 610. The first-order valence-electron chi connectivity index (χ1n) is 6.03. The first-order chi connectivity index (χ1) is 10.0. The molecule has 1 aromatic heterocycles. The van der Waals surface area contributed by atoms with Crippen molar-refractivity contribution in [3.63, 3.8) is 0 Å².